The summed E-state index contributed by atoms with van der Waals surface area (Å²) >= 11 is 0. The number of nitrogens with one attached hydrogen (secondary N) is 1. The van der Waals surface area contributed by atoms with Gasteiger partial charge in [-0.2, -0.15) is 0 Å². The van der Waals surface area contributed by atoms with Crippen molar-refractivity contribution >= 4 is 72.5 Å². The van der Waals surface area contributed by atoms with Crippen LogP contribution in [-0.2, 0) is 25.6 Å². The van der Waals surface area contributed by atoms with Gasteiger partial charge in [-0.3, -0.25) is 0 Å². The summed E-state index contributed by atoms with van der Waals surface area (Å²) in [6, 6.07) is 21.5. The molecule has 0 aliphatic carbocycles. The molecule has 8 rings (SSSR count). The van der Waals surface area contributed by atoms with Crippen molar-refractivity contribution in [3.05, 3.63) is 71.3 Å². The van der Waals surface area contributed by atoms with Gasteiger partial charge in [-0.25, -0.2) is 0 Å². The van der Waals surface area contributed by atoms with E-state index in [4.69, 9.17) is 9.31 Å². The second-order valence-electron chi connectivity index (χ2n) is 18.4. The van der Waals surface area contributed by atoms with Gasteiger partial charge in [0.25, 0.3) is 0 Å². The first-order valence-electron chi connectivity index (χ1n) is 17.3. The first-order chi connectivity index (χ1) is 21.7. The Kier molecular flexibility index (Phi) is 5.97. The summed E-state index contributed by atoms with van der Waals surface area (Å²) in [6.07, 6.45) is 0. The van der Waals surface area contributed by atoms with E-state index in [0.717, 1.165) is 16.5 Å². The summed E-state index contributed by atoms with van der Waals surface area (Å²) in [5, 5.41) is 7.76. The normalized spacial score (nSPS) is 17.6. The molecular formula is C42H49BN2O2. The van der Waals surface area contributed by atoms with Crippen LogP contribution in [0.2, 0.25) is 0 Å². The Hall–Kier alpha value is -3.54. The summed E-state index contributed by atoms with van der Waals surface area (Å²) in [4.78, 5) is 3.88. The molecule has 1 aliphatic rings. The van der Waals surface area contributed by atoms with Gasteiger partial charge in [-0.1, -0.05) is 74.4 Å². The van der Waals surface area contributed by atoms with E-state index in [9.17, 15) is 0 Å². The molecule has 242 valence electrons. The summed E-state index contributed by atoms with van der Waals surface area (Å²) in [6.45, 7) is 29.2. The fourth-order valence-corrected chi connectivity index (χ4v) is 7.56. The third kappa shape index (κ3) is 4.35. The number of hydrogen-bond acceptors (Lipinski definition) is 2. The summed E-state index contributed by atoms with van der Waals surface area (Å²) in [5.74, 6) is 0. The minimum absolute atomic E-state index is 0.0216. The molecule has 4 aromatic carbocycles. The standard InChI is InChI=1S/C42H49BN2O2/c1-38(2,3)23-14-15-34-27(16-23)30-18-24(39(4,5)6)19-31-28-21-26-29-17-25(40(7,8)9)20-32(43-46-41(10,11)42(12,13)47-43)36(29)44-33(26)22-35(28)45(34)37(30)31/h14-22,44H,1-13H3. The number of hydrogen-bond donors (Lipinski definition) is 1. The lowest BCUT2D eigenvalue weighted by Crippen LogP contribution is -2.41. The van der Waals surface area contributed by atoms with E-state index in [2.05, 4.69) is 154 Å². The van der Waals surface area contributed by atoms with Crippen molar-refractivity contribution in [2.24, 2.45) is 0 Å². The molecule has 1 aliphatic heterocycles. The molecule has 0 radical (unpaired) electrons. The Morgan fingerprint density at radius 1 is 0.553 bits per heavy atom. The van der Waals surface area contributed by atoms with Crippen LogP contribution in [0.4, 0.5) is 0 Å². The summed E-state index contributed by atoms with van der Waals surface area (Å²) in [5.41, 5.74) is 10.3. The second-order valence-corrected chi connectivity index (χ2v) is 18.4. The highest BCUT2D eigenvalue weighted by molar-refractivity contribution is 6.65. The van der Waals surface area contributed by atoms with E-state index in [1.165, 1.54) is 65.6 Å². The Balaban J connectivity index is 1.49. The van der Waals surface area contributed by atoms with Gasteiger partial charge in [0.1, 0.15) is 0 Å². The molecule has 1 saturated heterocycles. The molecule has 0 bridgehead atoms. The summed E-state index contributed by atoms with van der Waals surface area (Å²) in [7, 11) is -0.454. The van der Waals surface area contributed by atoms with Gasteiger partial charge in [0.15, 0.2) is 0 Å². The quantitative estimate of drug-likeness (QED) is 0.185. The van der Waals surface area contributed by atoms with Gasteiger partial charge < -0.3 is 18.7 Å². The van der Waals surface area contributed by atoms with E-state index in [1.807, 2.05) is 0 Å². The van der Waals surface area contributed by atoms with Gasteiger partial charge in [0.05, 0.1) is 27.8 Å². The zero-order chi connectivity index (χ0) is 33.8. The average Bonchev–Trinajstić information content (AvgIpc) is 3.63. The van der Waals surface area contributed by atoms with Crippen LogP contribution in [0.1, 0.15) is 107 Å². The van der Waals surface area contributed by atoms with E-state index in [0.29, 0.717) is 0 Å². The first-order valence-corrected chi connectivity index (χ1v) is 17.3. The van der Waals surface area contributed by atoms with Crippen LogP contribution in [0.15, 0.2) is 54.6 Å². The van der Waals surface area contributed by atoms with Gasteiger partial charge in [0, 0.05) is 48.8 Å². The number of nitrogens with zero attached hydrogens (tertiary/aromatic N) is 1. The maximum Gasteiger partial charge on any atom is 0.497 e. The van der Waals surface area contributed by atoms with Crippen LogP contribution in [-0.4, -0.2) is 27.7 Å². The third-order valence-electron chi connectivity index (χ3n) is 11.4. The monoisotopic (exact) mass is 624 g/mol. The molecule has 3 aromatic heterocycles. The number of rotatable bonds is 1. The fraction of sp³-hybridized carbons (Fsp3) is 0.429. The average molecular weight is 625 g/mol. The summed E-state index contributed by atoms with van der Waals surface area (Å²) < 4.78 is 15.8. The lowest BCUT2D eigenvalue weighted by atomic mass is 9.74. The number of aromatic amines is 1. The maximum atomic E-state index is 6.66. The Labute approximate surface area is 279 Å². The molecule has 1 N–H and O–H groups in total. The van der Waals surface area contributed by atoms with Crippen molar-refractivity contribution in [1.29, 1.82) is 0 Å². The predicted octanol–water partition coefficient (Wildman–Crippen LogP) is 10.7. The number of H-pyrrole nitrogens is 1. The Morgan fingerprint density at radius 2 is 1.06 bits per heavy atom. The van der Waals surface area contributed by atoms with Crippen LogP contribution < -0.4 is 5.46 Å². The Morgan fingerprint density at radius 3 is 1.64 bits per heavy atom. The minimum atomic E-state index is -0.454. The number of benzene rings is 4. The van der Waals surface area contributed by atoms with Crippen LogP contribution in [0.3, 0.4) is 0 Å². The van der Waals surface area contributed by atoms with Crippen molar-refractivity contribution in [3.8, 4) is 0 Å². The van der Waals surface area contributed by atoms with Crippen LogP contribution in [0, 0.1) is 0 Å². The fourth-order valence-electron chi connectivity index (χ4n) is 7.56. The van der Waals surface area contributed by atoms with Crippen molar-refractivity contribution in [2.45, 2.75) is 117 Å². The van der Waals surface area contributed by atoms with E-state index in [1.54, 1.807) is 0 Å². The van der Waals surface area contributed by atoms with E-state index < -0.39 is 18.3 Å². The molecule has 47 heavy (non-hydrogen) atoms. The van der Waals surface area contributed by atoms with Crippen LogP contribution >= 0.6 is 0 Å². The largest absolute Gasteiger partial charge is 0.497 e. The molecule has 0 saturated carbocycles. The second kappa shape index (κ2) is 9.12. The molecule has 7 aromatic rings. The molecule has 0 amide bonds. The zero-order valence-corrected chi connectivity index (χ0v) is 30.5. The molecule has 4 heterocycles. The van der Waals surface area contributed by atoms with Gasteiger partial charge in [-0.05, 0) is 103 Å². The smallest absolute Gasteiger partial charge is 0.399 e. The predicted molar refractivity (Wildman–Crippen MR) is 202 cm³/mol. The SMILES string of the molecule is CC(C)(C)c1cc(B2OC(C)(C)C(C)(C)O2)c2[nH]c3cc4c(cc3c2c1)c1cc(C(C)(C)C)cc2c3cc(C(C)(C)C)ccc3n4c21. The molecule has 0 atom stereocenters. The number of aromatic nitrogens is 2. The molecule has 5 heteroatoms. The van der Waals surface area contributed by atoms with Gasteiger partial charge in [0.2, 0.25) is 0 Å². The van der Waals surface area contributed by atoms with Crippen molar-refractivity contribution in [2.75, 3.05) is 0 Å². The van der Waals surface area contributed by atoms with Crippen molar-refractivity contribution in [1.82, 2.24) is 9.38 Å². The maximum absolute atomic E-state index is 6.66. The first kappa shape index (κ1) is 30.8. The minimum Gasteiger partial charge on any atom is -0.399 e. The Bertz CT molecular complexity index is 2400. The topological polar surface area (TPSA) is 38.7 Å². The highest BCUT2D eigenvalue weighted by Gasteiger charge is 2.52. The lowest BCUT2D eigenvalue weighted by molar-refractivity contribution is 0.00578. The zero-order valence-electron chi connectivity index (χ0n) is 30.5. The molecule has 4 nitrogen and oxygen atoms in total. The van der Waals surface area contributed by atoms with Crippen LogP contribution in [0.5, 0.6) is 0 Å². The third-order valence-corrected chi connectivity index (χ3v) is 11.4. The van der Waals surface area contributed by atoms with Gasteiger partial charge in [-0.15, -0.1) is 0 Å². The molecule has 1 fully saturated rings. The van der Waals surface area contributed by atoms with Gasteiger partial charge >= 0.3 is 7.12 Å². The highest BCUT2D eigenvalue weighted by atomic mass is 16.7. The highest BCUT2D eigenvalue weighted by Crippen LogP contribution is 2.45. The molecular weight excluding hydrogens is 575 g/mol. The van der Waals surface area contributed by atoms with Crippen molar-refractivity contribution < 1.29 is 9.31 Å². The molecule has 0 spiro atoms. The van der Waals surface area contributed by atoms with Crippen molar-refractivity contribution in [3.63, 3.8) is 0 Å². The lowest BCUT2D eigenvalue weighted by Gasteiger charge is -2.32. The van der Waals surface area contributed by atoms with E-state index in [-0.39, 0.29) is 16.2 Å². The van der Waals surface area contributed by atoms with E-state index >= 15 is 0 Å². The van der Waals surface area contributed by atoms with Crippen LogP contribution in [0.25, 0.3) is 59.9 Å². The number of fused-ring (bicyclic) bond motifs is 9. The molecule has 0 unspecified atom stereocenters.